The number of aryl methyl sites for hydroxylation is 1. The molecular formula is C30H34N4O3S. The number of aliphatic hydroxyl groups is 1. The van der Waals surface area contributed by atoms with Crippen molar-refractivity contribution in [1.82, 2.24) is 19.2 Å². The van der Waals surface area contributed by atoms with E-state index < -0.39 is 11.6 Å². The molecule has 1 saturated heterocycles. The summed E-state index contributed by atoms with van der Waals surface area (Å²) in [5, 5.41) is 17.3. The number of thiophene rings is 1. The molecule has 0 unspecified atom stereocenters. The molecule has 7 nitrogen and oxygen atoms in total. The van der Waals surface area contributed by atoms with Crippen LogP contribution in [0.3, 0.4) is 0 Å². The topological polar surface area (TPSA) is 72.5 Å². The van der Waals surface area contributed by atoms with E-state index in [-0.39, 0.29) is 11.9 Å². The second-order valence-electron chi connectivity index (χ2n) is 10.9. The molecule has 0 saturated carbocycles. The van der Waals surface area contributed by atoms with Crippen LogP contribution in [-0.4, -0.2) is 55.6 Å². The first kappa shape index (κ1) is 24.9. The van der Waals surface area contributed by atoms with E-state index in [1.54, 1.807) is 30.1 Å². The van der Waals surface area contributed by atoms with Crippen LogP contribution in [0.15, 0.2) is 48.0 Å². The molecule has 0 bridgehead atoms. The predicted molar refractivity (Wildman–Crippen MR) is 151 cm³/mol. The molecule has 8 heteroatoms. The number of ether oxygens (including phenoxy) is 1. The number of rotatable bonds is 5. The fraction of sp³-hybridized carbons (Fsp3) is 0.400. The standard InChI is InChI=1S/C30H34N4O3S/c1-18-14-20-15-26(37-5)22(24-9-12-32(4)31-24)16-21(20)28-23(27-8-6-13-38-27)17-25(34(18)28)29(36)33-11-7-10-30(33,3)19(2)35/h6,8-9,12-13,15-19,35H,7,10-11,14H2,1-5H3/t18-,19+,30+/m0/s1. The molecule has 2 aliphatic heterocycles. The zero-order chi connectivity index (χ0) is 26.8. The highest BCUT2D eigenvalue weighted by Crippen LogP contribution is 2.48. The molecule has 2 aliphatic rings. The van der Waals surface area contributed by atoms with Gasteiger partial charge in [-0.05, 0) is 81.3 Å². The summed E-state index contributed by atoms with van der Waals surface area (Å²) in [6.07, 6.45) is 3.81. The Morgan fingerprint density at radius 3 is 2.71 bits per heavy atom. The number of methoxy groups -OCH3 is 1. The molecule has 3 atom stereocenters. The monoisotopic (exact) mass is 530 g/mol. The van der Waals surface area contributed by atoms with Gasteiger partial charge >= 0.3 is 0 Å². The van der Waals surface area contributed by atoms with Crippen molar-refractivity contribution >= 4 is 17.2 Å². The summed E-state index contributed by atoms with van der Waals surface area (Å²) in [4.78, 5) is 17.3. The lowest BCUT2D eigenvalue weighted by molar-refractivity contribution is 0.0144. The minimum Gasteiger partial charge on any atom is -0.496 e. The van der Waals surface area contributed by atoms with Gasteiger partial charge in [0, 0.05) is 47.4 Å². The van der Waals surface area contributed by atoms with Crippen molar-refractivity contribution in [2.75, 3.05) is 13.7 Å². The average Bonchev–Trinajstić information content (AvgIpc) is 3.69. The smallest absolute Gasteiger partial charge is 0.271 e. The number of amides is 1. The van der Waals surface area contributed by atoms with Crippen molar-refractivity contribution in [2.45, 2.75) is 57.7 Å². The second-order valence-corrected chi connectivity index (χ2v) is 11.8. The molecule has 38 heavy (non-hydrogen) atoms. The van der Waals surface area contributed by atoms with Crippen molar-refractivity contribution in [1.29, 1.82) is 0 Å². The van der Waals surface area contributed by atoms with Crippen molar-refractivity contribution in [3.63, 3.8) is 0 Å². The third-order valence-electron chi connectivity index (χ3n) is 8.49. The Morgan fingerprint density at radius 1 is 1.24 bits per heavy atom. The van der Waals surface area contributed by atoms with Crippen LogP contribution in [0.4, 0.5) is 0 Å². The van der Waals surface area contributed by atoms with Crippen LogP contribution in [0.5, 0.6) is 5.75 Å². The summed E-state index contributed by atoms with van der Waals surface area (Å²) in [6.45, 7) is 6.63. The Bertz CT molecular complexity index is 1520. The highest BCUT2D eigenvalue weighted by atomic mass is 32.1. The number of aliphatic hydroxyl groups excluding tert-OH is 1. The molecule has 3 aromatic heterocycles. The lowest BCUT2D eigenvalue weighted by Gasteiger charge is -2.38. The van der Waals surface area contributed by atoms with E-state index >= 15 is 0 Å². The lowest BCUT2D eigenvalue weighted by atomic mass is 9.90. The van der Waals surface area contributed by atoms with Gasteiger partial charge in [0.15, 0.2) is 0 Å². The van der Waals surface area contributed by atoms with E-state index in [4.69, 9.17) is 4.74 Å². The Kier molecular flexibility index (Phi) is 6.00. The number of benzene rings is 1. The average molecular weight is 531 g/mol. The first-order valence-corrected chi connectivity index (χ1v) is 14.1. The normalized spacial score (nSPS) is 21.3. The molecule has 6 rings (SSSR count). The Hall–Kier alpha value is -3.36. The van der Waals surface area contributed by atoms with Gasteiger partial charge in [0.2, 0.25) is 0 Å². The van der Waals surface area contributed by atoms with E-state index in [9.17, 15) is 9.90 Å². The van der Waals surface area contributed by atoms with Gasteiger partial charge in [-0.3, -0.25) is 9.48 Å². The van der Waals surface area contributed by atoms with Crippen LogP contribution in [0.1, 0.15) is 55.7 Å². The minimum absolute atomic E-state index is 0.0104. The Labute approximate surface area is 227 Å². The lowest BCUT2D eigenvalue weighted by Crippen LogP contribution is -2.52. The van der Waals surface area contributed by atoms with Gasteiger partial charge in [-0.15, -0.1) is 11.3 Å². The molecule has 0 radical (unpaired) electrons. The van der Waals surface area contributed by atoms with Gasteiger partial charge in [-0.1, -0.05) is 6.07 Å². The van der Waals surface area contributed by atoms with Crippen molar-refractivity contribution in [3.8, 4) is 38.7 Å². The largest absolute Gasteiger partial charge is 0.496 e. The quantitative estimate of drug-likeness (QED) is 0.355. The summed E-state index contributed by atoms with van der Waals surface area (Å²) in [5.74, 6) is 0.789. The molecule has 5 heterocycles. The fourth-order valence-corrected chi connectivity index (χ4v) is 7.03. The molecule has 198 valence electrons. The molecule has 1 aromatic carbocycles. The van der Waals surface area contributed by atoms with Crippen molar-refractivity contribution in [2.24, 2.45) is 7.05 Å². The van der Waals surface area contributed by atoms with Gasteiger partial charge in [-0.25, -0.2) is 0 Å². The maximum Gasteiger partial charge on any atom is 0.271 e. The maximum atomic E-state index is 14.2. The zero-order valence-corrected chi connectivity index (χ0v) is 23.4. The molecule has 1 fully saturated rings. The van der Waals surface area contributed by atoms with Gasteiger partial charge in [-0.2, -0.15) is 5.10 Å². The third kappa shape index (κ3) is 3.73. The highest BCUT2D eigenvalue weighted by molar-refractivity contribution is 7.13. The highest BCUT2D eigenvalue weighted by Gasteiger charge is 2.45. The van der Waals surface area contributed by atoms with Crippen LogP contribution in [-0.2, 0) is 13.5 Å². The minimum atomic E-state index is -0.604. The van der Waals surface area contributed by atoms with E-state index in [2.05, 4.69) is 52.3 Å². The predicted octanol–water partition coefficient (Wildman–Crippen LogP) is 5.79. The van der Waals surface area contributed by atoms with Crippen LogP contribution in [0, 0.1) is 0 Å². The Balaban J connectivity index is 1.58. The second kappa shape index (κ2) is 9.13. The maximum absolute atomic E-state index is 14.2. The van der Waals surface area contributed by atoms with Crippen LogP contribution in [0.25, 0.3) is 33.0 Å². The number of carbonyl (C=O) groups excluding carboxylic acids is 1. The number of hydrogen-bond acceptors (Lipinski definition) is 5. The number of hydrogen-bond donors (Lipinski definition) is 1. The van der Waals surface area contributed by atoms with Crippen molar-refractivity contribution in [3.05, 3.63) is 59.2 Å². The van der Waals surface area contributed by atoms with Gasteiger partial charge in [0.1, 0.15) is 11.4 Å². The summed E-state index contributed by atoms with van der Waals surface area (Å²) in [7, 11) is 3.61. The SMILES string of the molecule is COc1cc2c(cc1-c1ccn(C)n1)-c1c(-c3cccs3)cc(C(=O)N3CCC[C@]3(C)[C@@H](C)O)n1[C@@H](C)C2. The number of likely N-dealkylation sites (tertiary alicyclic amines) is 1. The zero-order valence-electron chi connectivity index (χ0n) is 22.6. The number of fused-ring (bicyclic) bond motifs is 3. The van der Waals surface area contributed by atoms with Crippen LogP contribution < -0.4 is 4.74 Å². The molecule has 0 spiro atoms. The van der Waals surface area contributed by atoms with E-state index in [1.165, 1.54) is 5.56 Å². The third-order valence-corrected chi connectivity index (χ3v) is 9.40. The number of aromatic nitrogens is 3. The van der Waals surface area contributed by atoms with E-state index in [1.807, 2.05) is 31.1 Å². The molecular weight excluding hydrogens is 496 g/mol. The number of carbonyl (C=O) groups is 1. The molecule has 1 N–H and O–H groups in total. The van der Waals surface area contributed by atoms with Crippen molar-refractivity contribution < 1.29 is 14.6 Å². The summed E-state index contributed by atoms with van der Waals surface area (Å²) in [6, 6.07) is 12.6. The summed E-state index contributed by atoms with van der Waals surface area (Å²) in [5.41, 5.74) is 6.32. The summed E-state index contributed by atoms with van der Waals surface area (Å²) < 4.78 is 9.84. The Morgan fingerprint density at radius 2 is 2.05 bits per heavy atom. The van der Waals surface area contributed by atoms with Gasteiger partial charge in [0.25, 0.3) is 5.91 Å². The molecule has 4 aromatic rings. The fourth-order valence-electron chi connectivity index (χ4n) is 6.28. The van der Waals surface area contributed by atoms with E-state index in [0.29, 0.717) is 12.2 Å². The first-order chi connectivity index (χ1) is 18.2. The van der Waals surface area contributed by atoms with Crippen LogP contribution >= 0.6 is 11.3 Å². The molecule has 1 amide bonds. The first-order valence-electron chi connectivity index (χ1n) is 13.2. The van der Waals surface area contributed by atoms with Gasteiger partial charge < -0.3 is 19.3 Å². The van der Waals surface area contributed by atoms with Gasteiger partial charge in [0.05, 0.1) is 30.1 Å². The number of nitrogens with zero attached hydrogens (tertiary/aromatic N) is 4. The summed E-state index contributed by atoms with van der Waals surface area (Å²) >= 11 is 1.68. The van der Waals surface area contributed by atoms with E-state index in [0.717, 1.165) is 58.0 Å². The van der Waals surface area contributed by atoms with Crippen LogP contribution in [0.2, 0.25) is 0 Å². The molecule has 0 aliphatic carbocycles.